The van der Waals surface area contributed by atoms with E-state index in [1.165, 1.54) is 0 Å². The fraction of sp³-hybridized carbons (Fsp3) is 0.316. The molecule has 122 valence electrons. The minimum atomic E-state index is -0.591. The van der Waals surface area contributed by atoms with E-state index in [0.717, 1.165) is 11.3 Å². The molecule has 2 rings (SSSR count). The van der Waals surface area contributed by atoms with E-state index in [1.54, 1.807) is 13.0 Å². The number of amides is 1. The average Bonchev–Trinajstić information content (AvgIpc) is 2.46. The Morgan fingerprint density at radius 2 is 1.61 bits per heavy atom. The molecule has 0 aromatic heterocycles. The molecule has 0 heterocycles. The van der Waals surface area contributed by atoms with Crippen LogP contribution in [0.3, 0.4) is 0 Å². The summed E-state index contributed by atoms with van der Waals surface area (Å²) in [6.07, 6.45) is -0.504. The van der Waals surface area contributed by atoms with E-state index in [4.69, 9.17) is 9.47 Å². The summed E-state index contributed by atoms with van der Waals surface area (Å²) in [4.78, 5) is 12.3. The van der Waals surface area contributed by atoms with Crippen molar-refractivity contribution in [1.29, 1.82) is 0 Å². The largest absolute Gasteiger partial charge is 0.491 e. The SMILES string of the molecule is Cc1cccc(O[C@@H](C)C(=O)Nc2cccc(OC(C)C)c2)c1. The zero-order valence-corrected chi connectivity index (χ0v) is 14.0. The van der Waals surface area contributed by atoms with Gasteiger partial charge >= 0.3 is 0 Å². The number of hydrogen-bond acceptors (Lipinski definition) is 3. The molecule has 0 saturated heterocycles. The highest BCUT2D eigenvalue weighted by atomic mass is 16.5. The van der Waals surface area contributed by atoms with E-state index in [2.05, 4.69) is 5.32 Å². The molecule has 0 bridgehead atoms. The van der Waals surface area contributed by atoms with Gasteiger partial charge in [-0.2, -0.15) is 0 Å². The van der Waals surface area contributed by atoms with Gasteiger partial charge in [-0.05, 0) is 57.5 Å². The van der Waals surface area contributed by atoms with Crippen LogP contribution < -0.4 is 14.8 Å². The van der Waals surface area contributed by atoms with Crippen molar-refractivity contribution in [1.82, 2.24) is 0 Å². The number of benzene rings is 2. The highest BCUT2D eigenvalue weighted by Crippen LogP contribution is 2.19. The fourth-order valence-electron chi connectivity index (χ4n) is 2.11. The maximum atomic E-state index is 12.3. The van der Waals surface area contributed by atoms with Crippen LogP contribution >= 0.6 is 0 Å². The minimum Gasteiger partial charge on any atom is -0.491 e. The lowest BCUT2D eigenvalue weighted by Crippen LogP contribution is -2.30. The number of aryl methyl sites for hydroxylation is 1. The van der Waals surface area contributed by atoms with Gasteiger partial charge in [-0.3, -0.25) is 4.79 Å². The zero-order valence-electron chi connectivity index (χ0n) is 14.0. The van der Waals surface area contributed by atoms with Gasteiger partial charge in [0.15, 0.2) is 6.10 Å². The van der Waals surface area contributed by atoms with Gasteiger partial charge in [0.1, 0.15) is 11.5 Å². The van der Waals surface area contributed by atoms with Crippen LogP contribution in [-0.4, -0.2) is 18.1 Å². The predicted molar refractivity (Wildman–Crippen MR) is 92.1 cm³/mol. The van der Waals surface area contributed by atoms with Crippen LogP contribution in [0.25, 0.3) is 0 Å². The summed E-state index contributed by atoms with van der Waals surface area (Å²) in [6.45, 7) is 7.63. The number of ether oxygens (including phenoxy) is 2. The third-order valence-corrected chi connectivity index (χ3v) is 3.14. The van der Waals surface area contributed by atoms with E-state index in [1.807, 2.05) is 63.2 Å². The molecular formula is C19H23NO3. The lowest BCUT2D eigenvalue weighted by atomic mass is 10.2. The van der Waals surface area contributed by atoms with Crippen LogP contribution in [0.1, 0.15) is 26.3 Å². The second-order valence-corrected chi connectivity index (χ2v) is 5.76. The first kappa shape index (κ1) is 16.9. The Bertz CT molecular complexity index is 667. The third kappa shape index (κ3) is 5.33. The highest BCUT2D eigenvalue weighted by molar-refractivity contribution is 5.94. The monoisotopic (exact) mass is 313 g/mol. The van der Waals surface area contributed by atoms with E-state index in [-0.39, 0.29) is 12.0 Å². The Balaban J connectivity index is 1.98. The topological polar surface area (TPSA) is 47.6 Å². The Morgan fingerprint density at radius 3 is 2.26 bits per heavy atom. The molecule has 0 spiro atoms. The van der Waals surface area contributed by atoms with Gasteiger partial charge in [0.25, 0.3) is 5.91 Å². The van der Waals surface area contributed by atoms with E-state index >= 15 is 0 Å². The molecule has 1 N–H and O–H groups in total. The lowest BCUT2D eigenvalue weighted by molar-refractivity contribution is -0.122. The van der Waals surface area contributed by atoms with Crippen LogP contribution in [-0.2, 0) is 4.79 Å². The average molecular weight is 313 g/mol. The summed E-state index contributed by atoms with van der Waals surface area (Å²) < 4.78 is 11.3. The van der Waals surface area contributed by atoms with Crippen molar-refractivity contribution >= 4 is 11.6 Å². The molecule has 23 heavy (non-hydrogen) atoms. The maximum absolute atomic E-state index is 12.3. The molecule has 4 heteroatoms. The van der Waals surface area contributed by atoms with E-state index in [0.29, 0.717) is 11.4 Å². The molecule has 1 atom stereocenters. The van der Waals surface area contributed by atoms with Crippen molar-refractivity contribution in [2.75, 3.05) is 5.32 Å². The number of nitrogens with one attached hydrogen (secondary N) is 1. The number of rotatable bonds is 6. The summed E-state index contributed by atoms with van der Waals surface area (Å²) >= 11 is 0. The van der Waals surface area contributed by atoms with E-state index < -0.39 is 6.10 Å². The minimum absolute atomic E-state index is 0.0875. The van der Waals surface area contributed by atoms with Gasteiger partial charge < -0.3 is 14.8 Å². The quantitative estimate of drug-likeness (QED) is 0.870. The van der Waals surface area contributed by atoms with Crippen molar-refractivity contribution < 1.29 is 14.3 Å². The van der Waals surface area contributed by atoms with Crippen LogP contribution in [0.4, 0.5) is 5.69 Å². The normalized spacial score (nSPS) is 11.9. The van der Waals surface area contributed by atoms with Crippen LogP contribution in [0.2, 0.25) is 0 Å². The smallest absolute Gasteiger partial charge is 0.265 e. The number of carbonyl (C=O) groups is 1. The molecule has 2 aromatic rings. The Morgan fingerprint density at radius 1 is 0.957 bits per heavy atom. The Hall–Kier alpha value is -2.49. The zero-order chi connectivity index (χ0) is 16.8. The number of hydrogen-bond donors (Lipinski definition) is 1. The van der Waals surface area contributed by atoms with Gasteiger partial charge in [0.2, 0.25) is 0 Å². The molecule has 0 aliphatic carbocycles. The van der Waals surface area contributed by atoms with Gasteiger partial charge in [0, 0.05) is 11.8 Å². The summed E-state index contributed by atoms with van der Waals surface area (Å²) in [5, 5.41) is 2.85. The Kier molecular flexibility index (Phi) is 5.63. The maximum Gasteiger partial charge on any atom is 0.265 e. The lowest BCUT2D eigenvalue weighted by Gasteiger charge is -2.16. The second-order valence-electron chi connectivity index (χ2n) is 5.76. The first-order valence-electron chi connectivity index (χ1n) is 7.75. The molecule has 0 aliphatic rings. The molecule has 0 saturated carbocycles. The van der Waals surface area contributed by atoms with E-state index in [9.17, 15) is 4.79 Å². The van der Waals surface area contributed by atoms with Crippen LogP contribution in [0.15, 0.2) is 48.5 Å². The first-order chi connectivity index (χ1) is 10.9. The Labute approximate surface area is 137 Å². The molecule has 0 aliphatic heterocycles. The molecule has 4 nitrogen and oxygen atoms in total. The highest BCUT2D eigenvalue weighted by Gasteiger charge is 2.15. The summed E-state index contributed by atoms with van der Waals surface area (Å²) in [7, 11) is 0. The third-order valence-electron chi connectivity index (χ3n) is 3.14. The van der Waals surface area contributed by atoms with Gasteiger partial charge in [-0.1, -0.05) is 18.2 Å². The molecule has 0 fully saturated rings. The van der Waals surface area contributed by atoms with Crippen molar-refractivity contribution in [2.24, 2.45) is 0 Å². The number of carbonyl (C=O) groups excluding carboxylic acids is 1. The number of anilines is 1. The van der Waals surface area contributed by atoms with Crippen LogP contribution in [0, 0.1) is 6.92 Å². The molecule has 1 amide bonds. The summed E-state index contributed by atoms with van der Waals surface area (Å²) in [5.74, 6) is 1.21. The summed E-state index contributed by atoms with van der Waals surface area (Å²) in [5.41, 5.74) is 1.78. The van der Waals surface area contributed by atoms with Crippen molar-refractivity contribution in [3.63, 3.8) is 0 Å². The molecular weight excluding hydrogens is 290 g/mol. The predicted octanol–water partition coefficient (Wildman–Crippen LogP) is 4.19. The summed E-state index contributed by atoms with van der Waals surface area (Å²) in [6, 6.07) is 15.0. The van der Waals surface area contributed by atoms with Crippen LogP contribution in [0.5, 0.6) is 11.5 Å². The van der Waals surface area contributed by atoms with Crippen molar-refractivity contribution in [3.8, 4) is 11.5 Å². The molecule has 0 radical (unpaired) electrons. The standard InChI is InChI=1S/C19H23NO3/c1-13(2)22-18-10-6-8-16(12-18)20-19(21)15(4)23-17-9-5-7-14(3)11-17/h5-13,15H,1-4H3,(H,20,21)/t15-/m0/s1. The first-order valence-corrected chi connectivity index (χ1v) is 7.75. The second kappa shape index (κ2) is 7.68. The van der Waals surface area contributed by atoms with Gasteiger partial charge in [-0.25, -0.2) is 0 Å². The van der Waals surface area contributed by atoms with Gasteiger partial charge in [0.05, 0.1) is 6.10 Å². The molecule has 2 aromatic carbocycles. The molecule has 0 unspecified atom stereocenters. The fourth-order valence-corrected chi connectivity index (χ4v) is 2.11. The van der Waals surface area contributed by atoms with Gasteiger partial charge in [-0.15, -0.1) is 0 Å². The van der Waals surface area contributed by atoms with Crippen molar-refractivity contribution in [2.45, 2.75) is 39.9 Å². The van der Waals surface area contributed by atoms with Crippen molar-refractivity contribution in [3.05, 3.63) is 54.1 Å².